The van der Waals surface area contributed by atoms with Crippen molar-refractivity contribution in [3.63, 3.8) is 0 Å². The summed E-state index contributed by atoms with van der Waals surface area (Å²) in [6.07, 6.45) is 5.07. The number of benzene rings is 2. The van der Waals surface area contributed by atoms with E-state index in [0.29, 0.717) is 12.8 Å². The van der Waals surface area contributed by atoms with Crippen molar-refractivity contribution in [2.75, 3.05) is 0 Å². The number of ether oxygens (including phenoxy) is 1. The molecule has 22 heavy (non-hydrogen) atoms. The zero-order valence-electron chi connectivity index (χ0n) is 12.0. The molecule has 4 heteroatoms. The van der Waals surface area contributed by atoms with E-state index in [2.05, 4.69) is 10.5 Å². The van der Waals surface area contributed by atoms with Crippen LogP contribution in [0.4, 0.5) is 0 Å². The summed E-state index contributed by atoms with van der Waals surface area (Å²) < 4.78 is 5.74. The van der Waals surface area contributed by atoms with Crippen molar-refractivity contribution in [2.24, 2.45) is 5.10 Å². The van der Waals surface area contributed by atoms with Crippen LogP contribution in [0.1, 0.15) is 18.4 Å². The second-order valence-corrected chi connectivity index (χ2v) is 4.96. The summed E-state index contributed by atoms with van der Waals surface area (Å²) in [6, 6.07) is 17.5. The van der Waals surface area contributed by atoms with Crippen molar-refractivity contribution < 1.29 is 9.53 Å². The molecule has 0 saturated carbocycles. The lowest BCUT2D eigenvalue weighted by Gasteiger charge is -2.08. The maximum absolute atomic E-state index is 11.0. The van der Waals surface area contributed by atoms with Crippen molar-refractivity contribution in [1.82, 2.24) is 5.43 Å². The van der Waals surface area contributed by atoms with Gasteiger partial charge in [-0.1, -0.05) is 36.4 Å². The monoisotopic (exact) mass is 292 g/mol. The molecule has 0 bridgehead atoms. The number of hydrogen-bond donors (Lipinski definition) is 1. The fraction of sp³-hybridized carbons (Fsp3) is 0.111. The molecule has 1 aliphatic rings. The predicted molar refractivity (Wildman–Crippen MR) is 86.8 cm³/mol. The van der Waals surface area contributed by atoms with Gasteiger partial charge in [-0.25, -0.2) is 5.43 Å². The molecule has 4 nitrogen and oxygen atoms in total. The molecule has 0 radical (unpaired) electrons. The predicted octanol–water partition coefficient (Wildman–Crippen LogP) is 3.76. The second-order valence-electron chi connectivity index (χ2n) is 4.96. The lowest BCUT2D eigenvalue weighted by molar-refractivity contribution is -0.121. The standard InChI is InChI=1S/C18H16N2O2/c21-18-13-10-15(19-20-18)9-6-14-7-11-17(12-8-14)22-16-4-2-1-3-5-16/h1-9,11-12H,10,13H2,(H,20,21)/b9-6+. The van der Waals surface area contributed by atoms with Crippen molar-refractivity contribution in [3.8, 4) is 11.5 Å². The molecule has 2 aromatic carbocycles. The van der Waals surface area contributed by atoms with E-state index >= 15 is 0 Å². The molecule has 1 heterocycles. The van der Waals surface area contributed by atoms with E-state index in [1.807, 2.05) is 66.7 Å². The van der Waals surface area contributed by atoms with E-state index < -0.39 is 0 Å². The van der Waals surface area contributed by atoms with Crippen LogP contribution in [0, 0.1) is 0 Å². The first-order valence-corrected chi connectivity index (χ1v) is 7.16. The first-order valence-electron chi connectivity index (χ1n) is 7.16. The number of carbonyl (C=O) groups excluding carboxylic acids is 1. The van der Waals surface area contributed by atoms with Gasteiger partial charge in [-0.2, -0.15) is 5.10 Å². The Hall–Kier alpha value is -2.88. The molecule has 0 atom stereocenters. The fourth-order valence-electron chi connectivity index (χ4n) is 2.07. The largest absolute Gasteiger partial charge is 0.457 e. The number of hydrogen-bond acceptors (Lipinski definition) is 3. The average molecular weight is 292 g/mol. The SMILES string of the molecule is O=C1CCC(/C=C/c2ccc(Oc3ccccc3)cc2)=NN1. The minimum absolute atomic E-state index is 0.0282. The molecule has 0 aromatic heterocycles. The third-order valence-corrected chi connectivity index (χ3v) is 3.26. The van der Waals surface area contributed by atoms with Crippen molar-refractivity contribution >= 4 is 17.7 Å². The van der Waals surface area contributed by atoms with E-state index in [1.165, 1.54) is 0 Å². The van der Waals surface area contributed by atoms with Gasteiger partial charge in [0.25, 0.3) is 0 Å². The van der Waals surface area contributed by atoms with Crippen LogP contribution >= 0.6 is 0 Å². The fourth-order valence-corrected chi connectivity index (χ4v) is 2.07. The summed E-state index contributed by atoms with van der Waals surface area (Å²) in [5, 5.41) is 4.00. The Morgan fingerprint density at radius 1 is 0.909 bits per heavy atom. The van der Waals surface area contributed by atoms with Crippen LogP contribution in [0.15, 0.2) is 65.8 Å². The Labute approximate surface area is 129 Å². The molecule has 0 saturated heterocycles. The molecule has 3 rings (SSSR count). The van der Waals surface area contributed by atoms with Crippen LogP contribution in [-0.2, 0) is 4.79 Å². The molecule has 110 valence electrons. The van der Waals surface area contributed by atoms with Gasteiger partial charge < -0.3 is 4.74 Å². The summed E-state index contributed by atoms with van der Waals surface area (Å²) in [5.74, 6) is 1.59. The number of para-hydroxylation sites is 1. The molecule has 1 amide bonds. The summed E-state index contributed by atoms with van der Waals surface area (Å²) in [7, 11) is 0. The maximum Gasteiger partial charge on any atom is 0.240 e. The van der Waals surface area contributed by atoms with E-state index in [4.69, 9.17) is 4.74 Å². The maximum atomic E-state index is 11.0. The van der Waals surface area contributed by atoms with Gasteiger partial charge in [-0.3, -0.25) is 4.79 Å². The zero-order valence-corrected chi connectivity index (χ0v) is 12.0. The minimum Gasteiger partial charge on any atom is -0.457 e. The topological polar surface area (TPSA) is 50.7 Å². The quantitative estimate of drug-likeness (QED) is 0.932. The molecule has 0 spiro atoms. The average Bonchev–Trinajstić information content (AvgIpc) is 2.57. The molecule has 0 fully saturated rings. The Kier molecular flexibility index (Phi) is 4.30. The summed E-state index contributed by atoms with van der Waals surface area (Å²) in [5.41, 5.74) is 4.42. The number of nitrogens with zero attached hydrogens (tertiary/aromatic N) is 1. The Morgan fingerprint density at radius 3 is 2.32 bits per heavy atom. The third-order valence-electron chi connectivity index (χ3n) is 3.26. The lowest BCUT2D eigenvalue weighted by atomic mass is 10.1. The lowest BCUT2D eigenvalue weighted by Crippen LogP contribution is -2.24. The van der Waals surface area contributed by atoms with E-state index in [9.17, 15) is 4.79 Å². The van der Waals surface area contributed by atoms with Gasteiger partial charge in [0.2, 0.25) is 5.91 Å². The van der Waals surface area contributed by atoms with E-state index in [-0.39, 0.29) is 5.91 Å². The Bertz CT molecular complexity index is 704. The Balaban J connectivity index is 1.63. The van der Waals surface area contributed by atoms with Crippen molar-refractivity contribution in [2.45, 2.75) is 12.8 Å². The van der Waals surface area contributed by atoms with Gasteiger partial charge in [-0.15, -0.1) is 0 Å². The molecule has 0 aliphatic carbocycles. The molecule has 0 unspecified atom stereocenters. The van der Waals surface area contributed by atoms with Gasteiger partial charge in [0.15, 0.2) is 0 Å². The van der Waals surface area contributed by atoms with Crippen LogP contribution in [0.5, 0.6) is 11.5 Å². The first-order chi connectivity index (χ1) is 10.8. The van der Waals surface area contributed by atoms with Crippen LogP contribution in [0.25, 0.3) is 6.08 Å². The van der Waals surface area contributed by atoms with Crippen LogP contribution < -0.4 is 10.2 Å². The van der Waals surface area contributed by atoms with Crippen molar-refractivity contribution in [3.05, 3.63) is 66.2 Å². The number of carbonyl (C=O) groups is 1. The molecule has 2 aromatic rings. The number of allylic oxidation sites excluding steroid dienone is 1. The van der Waals surface area contributed by atoms with Gasteiger partial charge in [0, 0.05) is 12.8 Å². The smallest absolute Gasteiger partial charge is 0.240 e. The van der Waals surface area contributed by atoms with Crippen LogP contribution in [0.3, 0.4) is 0 Å². The normalized spacial score (nSPS) is 14.5. The summed E-state index contributed by atoms with van der Waals surface area (Å²) >= 11 is 0. The molecular weight excluding hydrogens is 276 g/mol. The van der Waals surface area contributed by atoms with Crippen LogP contribution in [0.2, 0.25) is 0 Å². The number of amides is 1. The summed E-state index contributed by atoms with van der Waals surface area (Å²) in [4.78, 5) is 11.0. The Morgan fingerprint density at radius 2 is 1.64 bits per heavy atom. The van der Waals surface area contributed by atoms with E-state index in [1.54, 1.807) is 0 Å². The highest BCUT2D eigenvalue weighted by Gasteiger charge is 2.08. The second kappa shape index (κ2) is 6.72. The van der Waals surface area contributed by atoms with Crippen molar-refractivity contribution in [1.29, 1.82) is 0 Å². The zero-order chi connectivity index (χ0) is 15.2. The highest BCUT2D eigenvalue weighted by Crippen LogP contribution is 2.21. The third kappa shape index (κ3) is 3.82. The number of hydrazone groups is 1. The van der Waals surface area contributed by atoms with Gasteiger partial charge >= 0.3 is 0 Å². The molecule has 1 aliphatic heterocycles. The highest BCUT2D eigenvalue weighted by molar-refractivity contribution is 6.02. The highest BCUT2D eigenvalue weighted by atomic mass is 16.5. The molecular formula is C18H16N2O2. The van der Waals surface area contributed by atoms with E-state index in [0.717, 1.165) is 22.8 Å². The van der Waals surface area contributed by atoms with Gasteiger partial charge in [0.1, 0.15) is 11.5 Å². The van der Waals surface area contributed by atoms with Crippen LogP contribution in [-0.4, -0.2) is 11.6 Å². The van der Waals surface area contributed by atoms with Gasteiger partial charge in [0.05, 0.1) is 5.71 Å². The summed E-state index contributed by atoms with van der Waals surface area (Å²) in [6.45, 7) is 0. The number of rotatable bonds is 4. The van der Waals surface area contributed by atoms with Gasteiger partial charge in [-0.05, 0) is 35.9 Å². The number of nitrogens with one attached hydrogen (secondary N) is 1. The minimum atomic E-state index is -0.0282. The first kappa shape index (κ1) is 14.1. The molecule has 1 N–H and O–H groups in total.